The van der Waals surface area contributed by atoms with Crippen molar-refractivity contribution < 1.29 is 0 Å². The van der Waals surface area contributed by atoms with Crippen LogP contribution in [0.2, 0.25) is 0 Å². The van der Waals surface area contributed by atoms with Crippen LogP contribution in [0.15, 0.2) is 30.5 Å². The highest BCUT2D eigenvalue weighted by Crippen LogP contribution is 2.39. The third-order valence-corrected chi connectivity index (χ3v) is 3.54. The van der Waals surface area contributed by atoms with Gasteiger partial charge in [0.05, 0.1) is 0 Å². The van der Waals surface area contributed by atoms with E-state index in [1.54, 1.807) is 0 Å². The second-order valence-corrected chi connectivity index (χ2v) is 4.64. The van der Waals surface area contributed by atoms with Gasteiger partial charge >= 0.3 is 0 Å². The summed E-state index contributed by atoms with van der Waals surface area (Å²) in [6.45, 7) is 0. The molecule has 0 radical (unpaired) electrons. The van der Waals surface area contributed by atoms with E-state index in [-0.39, 0.29) is 0 Å². The van der Waals surface area contributed by atoms with E-state index >= 15 is 0 Å². The molecule has 1 fully saturated rings. The minimum Gasteiger partial charge on any atom is -0.350 e. The van der Waals surface area contributed by atoms with E-state index in [9.17, 15) is 0 Å². The van der Waals surface area contributed by atoms with E-state index < -0.39 is 0 Å². The third kappa shape index (κ3) is 1.29. The summed E-state index contributed by atoms with van der Waals surface area (Å²) in [4.78, 5) is 0. The van der Waals surface area contributed by atoms with Crippen LogP contribution in [0.3, 0.4) is 0 Å². The minimum absolute atomic E-state index is 0.425. The fourth-order valence-electron chi connectivity index (χ4n) is 2.61. The molecule has 2 aromatic rings. The van der Waals surface area contributed by atoms with Gasteiger partial charge in [0.15, 0.2) is 0 Å². The zero-order valence-electron chi connectivity index (χ0n) is 8.98. The van der Waals surface area contributed by atoms with Gasteiger partial charge in [-0.1, -0.05) is 18.2 Å². The first-order valence-electron chi connectivity index (χ1n) is 5.55. The van der Waals surface area contributed by atoms with Crippen molar-refractivity contribution >= 4 is 10.9 Å². The number of aromatic nitrogens is 1. The Balaban J connectivity index is 2.11. The maximum Gasteiger partial charge on any atom is 0.0480 e. The Morgan fingerprint density at radius 2 is 2.00 bits per heavy atom. The summed E-state index contributed by atoms with van der Waals surface area (Å²) in [5, 5.41) is 1.40. The molecule has 0 bridgehead atoms. The molecule has 1 aromatic carbocycles. The van der Waals surface area contributed by atoms with Crippen LogP contribution in [0.5, 0.6) is 0 Å². The first-order chi connectivity index (χ1) is 7.25. The average Bonchev–Trinajstić information content (AvgIpc) is 2.52. The fraction of sp³-hybridized carbons (Fsp3) is 0.385. The second-order valence-electron chi connectivity index (χ2n) is 4.64. The van der Waals surface area contributed by atoms with Gasteiger partial charge in [-0.15, -0.1) is 0 Å². The quantitative estimate of drug-likeness (QED) is 0.752. The van der Waals surface area contributed by atoms with E-state index in [1.807, 2.05) is 0 Å². The Bertz CT molecular complexity index is 492. The van der Waals surface area contributed by atoms with Crippen LogP contribution in [-0.2, 0) is 7.05 Å². The number of benzene rings is 1. The normalized spacial score (nSPS) is 25.5. The van der Waals surface area contributed by atoms with E-state index in [4.69, 9.17) is 5.73 Å². The lowest BCUT2D eigenvalue weighted by atomic mass is 9.76. The van der Waals surface area contributed by atoms with Crippen LogP contribution in [0.4, 0.5) is 0 Å². The van der Waals surface area contributed by atoms with Crippen molar-refractivity contribution in [2.24, 2.45) is 12.8 Å². The standard InChI is InChI=1S/C13H16N2/c1-15-8-12(9-6-10(14)7-9)11-4-2-3-5-13(11)15/h2-5,8-10H,6-7,14H2,1H3. The van der Waals surface area contributed by atoms with Gasteiger partial charge in [-0.25, -0.2) is 0 Å². The number of hydrogen-bond donors (Lipinski definition) is 1. The lowest BCUT2D eigenvalue weighted by molar-refractivity contribution is 0.353. The predicted octanol–water partition coefficient (Wildman–Crippen LogP) is 2.38. The molecule has 0 unspecified atom stereocenters. The molecule has 2 nitrogen and oxygen atoms in total. The van der Waals surface area contributed by atoms with Gasteiger partial charge in [-0.3, -0.25) is 0 Å². The van der Waals surface area contributed by atoms with Gasteiger partial charge < -0.3 is 10.3 Å². The van der Waals surface area contributed by atoms with Crippen LogP contribution in [0.25, 0.3) is 10.9 Å². The molecule has 2 heteroatoms. The van der Waals surface area contributed by atoms with Gasteiger partial charge in [-0.05, 0) is 30.4 Å². The molecule has 78 valence electrons. The summed E-state index contributed by atoms with van der Waals surface area (Å²) >= 11 is 0. The molecular formula is C13H16N2. The molecule has 1 saturated carbocycles. The van der Waals surface area contributed by atoms with Crippen molar-refractivity contribution in [3.05, 3.63) is 36.0 Å². The number of nitrogens with zero attached hydrogens (tertiary/aromatic N) is 1. The molecule has 2 N–H and O–H groups in total. The Morgan fingerprint density at radius 3 is 2.73 bits per heavy atom. The maximum absolute atomic E-state index is 5.85. The zero-order chi connectivity index (χ0) is 10.4. The van der Waals surface area contributed by atoms with Gasteiger partial charge in [-0.2, -0.15) is 0 Å². The highest BCUT2D eigenvalue weighted by molar-refractivity contribution is 5.84. The lowest BCUT2D eigenvalue weighted by Gasteiger charge is -2.32. The summed E-state index contributed by atoms with van der Waals surface area (Å²) in [6.07, 6.45) is 4.56. The third-order valence-electron chi connectivity index (χ3n) is 3.54. The van der Waals surface area contributed by atoms with Gasteiger partial charge in [0.25, 0.3) is 0 Å². The molecule has 1 aliphatic carbocycles. The summed E-state index contributed by atoms with van der Waals surface area (Å²) < 4.78 is 2.22. The van der Waals surface area contributed by atoms with Gasteiger partial charge in [0.2, 0.25) is 0 Å². The fourth-order valence-corrected chi connectivity index (χ4v) is 2.61. The van der Waals surface area contributed by atoms with Crippen LogP contribution in [0, 0.1) is 0 Å². The van der Waals surface area contributed by atoms with Crippen molar-refractivity contribution in [3.8, 4) is 0 Å². The van der Waals surface area contributed by atoms with Crippen LogP contribution in [-0.4, -0.2) is 10.6 Å². The Labute approximate surface area is 89.7 Å². The molecule has 15 heavy (non-hydrogen) atoms. The predicted molar refractivity (Wildman–Crippen MR) is 62.9 cm³/mol. The van der Waals surface area contributed by atoms with E-state index in [0.717, 1.165) is 12.8 Å². The van der Waals surface area contributed by atoms with Crippen LogP contribution >= 0.6 is 0 Å². The molecule has 0 amide bonds. The Kier molecular flexibility index (Phi) is 1.86. The van der Waals surface area contributed by atoms with Crippen molar-refractivity contribution in [2.45, 2.75) is 24.8 Å². The Morgan fingerprint density at radius 1 is 1.27 bits per heavy atom. The summed E-state index contributed by atoms with van der Waals surface area (Å²) in [6, 6.07) is 9.03. The first-order valence-corrected chi connectivity index (χ1v) is 5.55. The molecule has 0 saturated heterocycles. The Hall–Kier alpha value is -1.28. The average molecular weight is 200 g/mol. The SMILES string of the molecule is Cn1cc(C2CC(N)C2)c2ccccc21. The smallest absolute Gasteiger partial charge is 0.0480 e. The monoisotopic (exact) mass is 200 g/mol. The van der Waals surface area contributed by atoms with E-state index in [0.29, 0.717) is 12.0 Å². The number of hydrogen-bond acceptors (Lipinski definition) is 1. The lowest BCUT2D eigenvalue weighted by Crippen LogP contribution is -2.34. The zero-order valence-corrected chi connectivity index (χ0v) is 8.98. The maximum atomic E-state index is 5.85. The second kappa shape index (κ2) is 3.11. The molecule has 3 rings (SSSR count). The summed E-state index contributed by atoms with van der Waals surface area (Å²) in [5.74, 6) is 0.686. The molecule has 0 aliphatic heterocycles. The van der Waals surface area contributed by atoms with Crippen molar-refractivity contribution in [1.29, 1.82) is 0 Å². The number of para-hydroxylation sites is 1. The number of aryl methyl sites for hydroxylation is 1. The highest BCUT2D eigenvalue weighted by atomic mass is 14.9. The molecule has 0 spiro atoms. The molecule has 1 heterocycles. The van der Waals surface area contributed by atoms with Crippen molar-refractivity contribution in [1.82, 2.24) is 4.57 Å². The van der Waals surface area contributed by atoms with Crippen LogP contribution in [0.1, 0.15) is 24.3 Å². The summed E-state index contributed by atoms with van der Waals surface area (Å²) in [5.41, 5.74) is 8.66. The number of nitrogens with two attached hydrogens (primary N) is 1. The first kappa shape index (κ1) is 8.98. The molecule has 1 aliphatic rings. The van der Waals surface area contributed by atoms with Gasteiger partial charge in [0, 0.05) is 30.2 Å². The molecule has 1 aromatic heterocycles. The summed E-state index contributed by atoms with van der Waals surface area (Å²) in [7, 11) is 2.12. The van der Waals surface area contributed by atoms with Gasteiger partial charge in [0.1, 0.15) is 0 Å². The minimum atomic E-state index is 0.425. The molecule has 0 atom stereocenters. The molecular weight excluding hydrogens is 184 g/mol. The highest BCUT2D eigenvalue weighted by Gasteiger charge is 2.29. The van der Waals surface area contributed by atoms with E-state index in [2.05, 4.69) is 42.1 Å². The van der Waals surface area contributed by atoms with Crippen molar-refractivity contribution in [3.63, 3.8) is 0 Å². The van der Waals surface area contributed by atoms with Crippen LogP contribution < -0.4 is 5.73 Å². The van der Waals surface area contributed by atoms with Crippen molar-refractivity contribution in [2.75, 3.05) is 0 Å². The largest absolute Gasteiger partial charge is 0.350 e. The number of rotatable bonds is 1. The topological polar surface area (TPSA) is 30.9 Å². The van der Waals surface area contributed by atoms with E-state index in [1.165, 1.54) is 16.5 Å². The number of fused-ring (bicyclic) bond motifs is 1.